The van der Waals surface area contributed by atoms with Gasteiger partial charge in [0.2, 0.25) is 0 Å². The third kappa shape index (κ3) is 2.58. The van der Waals surface area contributed by atoms with Gasteiger partial charge in [-0.25, -0.2) is 0 Å². The number of ether oxygens (including phenoxy) is 1. The highest BCUT2D eigenvalue weighted by atomic mass is 31.2. The van der Waals surface area contributed by atoms with E-state index in [9.17, 15) is 5.16 Å². The zero-order valence-corrected chi connectivity index (χ0v) is 13.3. The average Bonchev–Trinajstić information content (AvgIpc) is 2.62. The van der Waals surface area contributed by atoms with Gasteiger partial charge in [0.1, 0.15) is 5.75 Å². The molecule has 0 bridgehead atoms. The zero-order valence-electron chi connectivity index (χ0n) is 12.4. The molecule has 0 fully saturated rings. The van der Waals surface area contributed by atoms with Crippen molar-refractivity contribution in [3.8, 4) is 5.75 Å². The van der Waals surface area contributed by atoms with Crippen molar-refractivity contribution >= 4 is 23.0 Å². The summed E-state index contributed by atoms with van der Waals surface area (Å²) in [4.78, 5) is 0. The number of rotatable bonds is 4. The zero-order chi connectivity index (χ0) is 15.4. The van der Waals surface area contributed by atoms with Gasteiger partial charge in [0.25, 0.3) is 0 Å². The third-order valence-electron chi connectivity index (χ3n) is 3.75. The SMILES string of the molecule is COc1ccc(P(=N)(c2ccccc2)c2ccccc2)cc1. The second-order valence-corrected chi connectivity index (χ2v) is 7.93. The molecule has 0 atom stereocenters. The summed E-state index contributed by atoms with van der Waals surface area (Å²) in [6.45, 7) is 0. The molecule has 0 aliphatic heterocycles. The monoisotopic (exact) mass is 307 g/mol. The lowest BCUT2D eigenvalue weighted by Gasteiger charge is -2.24. The molecule has 0 heterocycles. The van der Waals surface area contributed by atoms with E-state index in [1.165, 1.54) is 0 Å². The minimum atomic E-state index is -2.36. The van der Waals surface area contributed by atoms with Gasteiger partial charge in [-0.3, -0.25) is 0 Å². The average molecular weight is 307 g/mol. The molecule has 0 aliphatic rings. The van der Waals surface area contributed by atoms with Crippen molar-refractivity contribution in [2.45, 2.75) is 0 Å². The quantitative estimate of drug-likeness (QED) is 0.732. The fourth-order valence-electron chi connectivity index (χ4n) is 2.56. The van der Waals surface area contributed by atoms with Crippen LogP contribution in [0.3, 0.4) is 0 Å². The fraction of sp³-hybridized carbons (Fsp3) is 0.0526. The minimum absolute atomic E-state index is 0.816. The molecule has 0 spiro atoms. The van der Waals surface area contributed by atoms with Crippen LogP contribution in [0.4, 0.5) is 0 Å². The Labute approximate surface area is 131 Å². The molecular weight excluding hydrogens is 289 g/mol. The molecule has 0 saturated carbocycles. The van der Waals surface area contributed by atoms with Gasteiger partial charge in [0.15, 0.2) is 0 Å². The lowest BCUT2D eigenvalue weighted by molar-refractivity contribution is 0.415. The van der Waals surface area contributed by atoms with Gasteiger partial charge in [0.05, 0.1) is 14.2 Å². The number of methoxy groups -OCH3 is 1. The molecule has 3 aromatic carbocycles. The van der Waals surface area contributed by atoms with E-state index in [1.807, 2.05) is 60.7 Å². The molecule has 0 aromatic heterocycles. The first-order valence-electron chi connectivity index (χ1n) is 7.15. The number of benzene rings is 3. The lowest BCUT2D eigenvalue weighted by atomic mass is 10.3. The van der Waals surface area contributed by atoms with E-state index in [0.717, 1.165) is 21.7 Å². The molecule has 110 valence electrons. The predicted molar refractivity (Wildman–Crippen MR) is 94.4 cm³/mol. The van der Waals surface area contributed by atoms with Gasteiger partial charge in [-0.05, 0) is 34.9 Å². The summed E-state index contributed by atoms with van der Waals surface area (Å²) in [6, 6.07) is 28.1. The van der Waals surface area contributed by atoms with E-state index in [-0.39, 0.29) is 0 Å². The Morgan fingerprint density at radius 1 is 0.636 bits per heavy atom. The third-order valence-corrected chi connectivity index (χ3v) is 6.96. The Hall–Kier alpha value is -2.31. The summed E-state index contributed by atoms with van der Waals surface area (Å²) in [5.74, 6) is 0.816. The van der Waals surface area contributed by atoms with Crippen LogP contribution >= 0.6 is 7.05 Å². The highest BCUT2D eigenvalue weighted by molar-refractivity contribution is 7.86. The Morgan fingerprint density at radius 2 is 1.05 bits per heavy atom. The Bertz CT molecular complexity index is 739. The molecule has 2 nitrogen and oxygen atoms in total. The van der Waals surface area contributed by atoms with E-state index in [0.29, 0.717) is 0 Å². The van der Waals surface area contributed by atoms with Crippen molar-refractivity contribution < 1.29 is 4.74 Å². The van der Waals surface area contributed by atoms with E-state index in [2.05, 4.69) is 24.3 Å². The first-order chi connectivity index (χ1) is 10.7. The van der Waals surface area contributed by atoms with Crippen LogP contribution in [0.15, 0.2) is 84.9 Å². The maximum atomic E-state index is 9.34. The summed E-state index contributed by atoms with van der Waals surface area (Å²) in [7, 11) is -0.703. The second kappa shape index (κ2) is 6.21. The smallest absolute Gasteiger partial charge is 0.118 e. The highest BCUT2D eigenvalue weighted by Gasteiger charge is 2.24. The van der Waals surface area contributed by atoms with Gasteiger partial charge in [0, 0.05) is 5.30 Å². The number of hydrogen-bond donors (Lipinski definition) is 1. The summed E-state index contributed by atoms with van der Waals surface area (Å²) in [5, 5.41) is 12.5. The van der Waals surface area contributed by atoms with Crippen LogP contribution in [0.5, 0.6) is 5.75 Å². The molecule has 0 aliphatic carbocycles. The molecular formula is C19H18NOP. The number of nitrogens with one attached hydrogen (secondary N) is 1. The molecule has 3 heteroatoms. The van der Waals surface area contributed by atoms with Gasteiger partial charge in [-0.2, -0.15) is 0 Å². The van der Waals surface area contributed by atoms with Crippen LogP contribution in [0.2, 0.25) is 0 Å². The van der Waals surface area contributed by atoms with Gasteiger partial charge >= 0.3 is 0 Å². The van der Waals surface area contributed by atoms with Crippen LogP contribution in [0.25, 0.3) is 0 Å². The maximum Gasteiger partial charge on any atom is 0.118 e. The summed E-state index contributed by atoms with van der Waals surface area (Å²) >= 11 is 0. The van der Waals surface area contributed by atoms with Crippen LogP contribution in [-0.4, -0.2) is 7.11 Å². The first kappa shape index (κ1) is 14.6. The van der Waals surface area contributed by atoms with Crippen molar-refractivity contribution in [1.29, 1.82) is 5.16 Å². The minimum Gasteiger partial charge on any atom is -0.497 e. The summed E-state index contributed by atoms with van der Waals surface area (Å²) in [6.07, 6.45) is 0. The van der Waals surface area contributed by atoms with Crippen LogP contribution < -0.4 is 20.7 Å². The van der Waals surface area contributed by atoms with Crippen LogP contribution in [-0.2, 0) is 0 Å². The normalized spacial score (nSPS) is 11.1. The second-order valence-electron chi connectivity index (χ2n) is 5.04. The lowest BCUT2D eigenvalue weighted by Crippen LogP contribution is -2.24. The molecule has 3 rings (SSSR count). The molecule has 3 aromatic rings. The van der Waals surface area contributed by atoms with Crippen molar-refractivity contribution in [3.05, 3.63) is 84.9 Å². The van der Waals surface area contributed by atoms with E-state index < -0.39 is 7.05 Å². The van der Waals surface area contributed by atoms with Gasteiger partial charge in [-0.15, -0.1) is 0 Å². The van der Waals surface area contributed by atoms with Crippen molar-refractivity contribution in [1.82, 2.24) is 0 Å². The Kier molecular flexibility index (Phi) is 4.13. The fourth-order valence-corrected chi connectivity index (χ4v) is 5.29. The standard InChI is InChI=1S/C19H18NOP/c1-21-16-12-14-19(15-13-16)22(20,17-8-4-2-5-9-17)18-10-6-3-7-11-18/h2-15,20H,1H3. The molecule has 0 radical (unpaired) electrons. The number of hydrogen-bond acceptors (Lipinski definition) is 2. The van der Waals surface area contributed by atoms with Crippen LogP contribution in [0.1, 0.15) is 0 Å². The van der Waals surface area contributed by atoms with Crippen molar-refractivity contribution in [2.75, 3.05) is 7.11 Å². The van der Waals surface area contributed by atoms with Gasteiger partial charge in [-0.1, -0.05) is 60.7 Å². The summed E-state index contributed by atoms with van der Waals surface area (Å²) in [5.41, 5.74) is 0. The van der Waals surface area contributed by atoms with E-state index in [4.69, 9.17) is 4.74 Å². The van der Waals surface area contributed by atoms with Gasteiger partial charge < -0.3 is 9.90 Å². The predicted octanol–water partition coefficient (Wildman–Crippen LogP) is 3.75. The van der Waals surface area contributed by atoms with Crippen molar-refractivity contribution in [3.63, 3.8) is 0 Å². The highest BCUT2D eigenvalue weighted by Crippen LogP contribution is 2.43. The van der Waals surface area contributed by atoms with Crippen LogP contribution in [0, 0.1) is 5.16 Å². The molecule has 22 heavy (non-hydrogen) atoms. The van der Waals surface area contributed by atoms with E-state index in [1.54, 1.807) is 7.11 Å². The molecule has 0 unspecified atom stereocenters. The molecule has 0 amide bonds. The van der Waals surface area contributed by atoms with Crippen molar-refractivity contribution in [2.24, 2.45) is 0 Å². The van der Waals surface area contributed by atoms with E-state index >= 15 is 0 Å². The first-order valence-corrected chi connectivity index (χ1v) is 8.94. The molecule has 1 N–H and O–H groups in total. The topological polar surface area (TPSA) is 33.1 Å². The largest absolute Gasteiger partial charge is 0.497 e. The Morgan fingerprint density at radius 3 is 1.45 bits per heavy atom. The maximum absolute atomic E-state index is 9.34. The molecule has 0 saturated heterocycles. The summed E-state index contributed by atoms with van der Waals surface area (Å²) < 4.78 is 5.24. The Balaban J connectivity index is 2.21.